The van der Waals surface area contributed by atoms with Crippen LogP contribution >= 0.6 is 0 Å². The summed E-state index contributed by atoms with van der Waals surface area (Å²) in [5.74, 6) is -0.192. The summed E-state index contributed by atoms with van der Waals surface area (Å²) >= 11 is 0. The minimum absolute atomic E-state index is 0.192. The summed E-state index contributed by atoms with van der Waals surface area (Å²) in [6, 6.07) is 9.42. The van der Waals surface area contributed by atoms with Crippen molar-refractivity contribution in [2.75, 3.05) is 7.05 Å². The first-order chi connectivity index (χ1) is 8.20. The second-order valence-corrected chi connectivity index (χ2v) is 4.70. The molecule has 0 heterocycles. The molecule has 1 saturated carbocycles. The van der Waals surface area contributed by atoms with E-state index in [0.717, 1.165) is 12.8 Å². The highest BCUT2D eigenvalue weighted by atomic mass is 16.3. The van der Waals surface area contributed by atoms with Gasteiger partial charge in [-0.15, -0.1) is 0 Å². The first-order valence-electron chi connectivity index (χ1n) is 6.20. The summed E-state index contributed by atoms with van der Waals surface area (Å²) in [4.78, 5) is 13.8. The zero-order valence-electron chi connectivity index (χ0n) is 10.2. The highest BCUT2D eigenvalue weighted by molar-refractivity contribution is 5.82. The van der Waals surface area contributed by atoms with E-state index in [9.17, 15) is 9.90 Å². The quantitative estimate of drug-likeness (QED) is 0.868. The molecule has 17 heavy (non-hydrogen) atoms. The van der Waals surface area contributed by atoms with Crippen LogP contribution in [-0.2, 0) is 4.79 Å². The SMILES string of the molecule is CN(C(=O)C(O)c1ccccc1)C1CCCC1. The number of nitrogens with zero attached hydrogens (tertiary/aromatic N) is 1. The Morgan fingerprint density at radius 1 is 1.29 bits per heavy atom. The van der Waals surface area contributed by atoms with E-state index in [4.69, 9.17) is 0 Å². The Labute approximate surface area is 102 Å². The van der Waals surface area contributed by atoms with Gasteiger partial charge in [-0.2, -0.15) is 0 Å². The van der Waals surface area contributed by atoms with Crippen LogP contribution in [0, 0.1) is 0 Å². The molecule has 1 atom stereocenters. The van der Waals surface area contributed by atoms with Crippen molar-refractivity contribution in [3.05, 3.63) is 35.9 Å². The fraction of sp³-hybridized carbons (Fsp3) is 0.500. The lowest BCUT2D eigenvalue weighted by Gasteiger charge is -2.26. The molecular weight excluding hydrogens is 214 g/mol. The molecule has 0 aliphatic heterocycles. The second kappa shape index (κ2) is 5.32. The lowest BCUT2D eigenvalue weighted by molar-refractivity contribution is -0.141. The Bertz CT molecular complexity index is 371. The Morgan fingerprint density at radius 3 is 2.47 bits per heavy atom. The van der Waals surface area contributed by atoms with Crippen LogP contribution in [0.2, 0.25) is 0 Å². The van der Waals surface area contributed by atoms with Gasteiger partial charge in [-0.05, 0) is 18.4 Å². The summed E-state index contributed by atoms with van der Waals surface area (Å²) in [5, 5.41) is 10.0. The molecule has 1 unspecified atom stereocenters. The summed E-state index contributed by atoms with van der Waals surface area (Å²) in [5.41, 5.74) is 0.669. The van der Waals surface area contributed by atoms with Crippen LogP contribution in [0.15, 0.2) is 30.3 Å². The molecule has 0 saturated heterocycles. The molecule has 1 aromatic carbocycles. The Morgan fingerprint density at radius 2 is 1.88 bits per heavy atom. The van der Waals surface area contributed by atoms with Gasteiger partial charge in [0.2, 0.25) is 0 Å². The van der Waals surface area contributed by atoms with E-state index in [2.05, 4.69) is 0 Å². The predicted molar refractivity (Wildman–Crippen MR) is 66.4 cm³/mol. The molecule has 1 fully saturated rings. The van der Waals surface area contributed by atoms with Gasteiger partial charge in [0.25, 0.3) is 5.91 Å². The number of rotatable bonds is 3. The maximum Gasteiger partial charge on any atom is 0.256 e. The Hall–Kier alpha value is -1.35. The third-order valence-corrected chi connectivity index (χ3v) is 3.57. The van der Waals surface area contributed by atoms with E-state index in [1.807, 2.05) is 18.2 Å². The highest BCUT2D eigenvalue weighted by Crippen LogP contribution is 2.25. The minimum atomic E-state index is -1.03. The minimum Gasteiger partial charge on any atom is -0.378 e. The van der Waals surface area contributed by atoms with Crippen molar-refractivity contribution >= 4 is 5.91 Å². The topological polar surface area (TPSA) is 40.5 Å². The second-order valence-electron chi connectivity index (χ2n) is 4.70. The third kappa shape index (κ3) is 2.67. The largest absolute Gasteiger partial charge is 0.378 e. The molecule has 0 aromatic heterocycles. The molecule has 2 rings (SSSR count). The van der Waals surface area contributed by atoms with Crippen LogP contribution in [-0.4, -0.2) is 29.0 Å². The molecule has 0 radical (unpaired) electrons. The van der Waals surface area contributed by atoms with Crippen molar-refractivity contribution in [2.24, 2.45) is 0 Å². The van der Waals surface area contributed by atoms with Crippen molar-refractivity contribution in [1.82, 2.24) is 4.90 Å². The van der Waals surface area contributed by atoms with Gasteiger partial charge < -0.3 is 10.0 Å². The van der Waals surface area contributed by atoms with Crippen molar-refractivity contribution in [3.63, 3.8) is 0 Å². The monoisotopic (exact) mass is 233 g/mol. The maximum atomic E-state index is 12.1. The number of hydrogen-bond acceptors (Lipinski definition) is 2. The van der Waals surface area contributed by atoms with Crippen LogP contribution < -0.4 is 0 Å². The van der Waals surface area contributed by atoms with E-state index in [0.29, 0.717) is 11.6 Å². The van der Waals surface area contributed by atoms with Crippen molar-refractivity contribution in [3.8, 4) is 0 Å². The standard InChI is InChI=1S/C14H19NO2/c1-15(12-9-5-6-10-12)14(17)13(16)11-7-3-2-4-8-11/h2-4,7-8,12-13,16H,5-6,9-10H2,1H3. The molecule has 92 valence electrons. The van der Waals surface area contributed by atoms with Gasteiger partial charge in [0.15, 0.2) is 6.10 Å². The first kappa shape index (κ1) is 12.1. The van der Waals surface area contributed by atoms with Crippen LogP contribution in [0.1, 0.15) is 37.4 Å². The molecule has 1 aromatic rings. The number of amides is 1. The molecular formula is C14H19NO2. The molecule has 1 aliphatic rings. The average molecular weight is 233 g/mol. The fourth-order valence-electron chi connectivity index (χ4n) is 2.44. The van der Waals surface area contributed by atoms with Crippen LogP contribution in [0.3, 0.4) is 0 Å². The summed E-state index contributed by atoms with van der Waals surface area (Å²) in [6.07, 6.45) is 3.46. The first-order valence-corrected chi connectivity index (χ1v) is 6.20. The Balaban J connectivity index is 2.04. The van der Waals surface area contributed by atoms with Crippen LogP contribution in [0.4, 0.5) is 0 Å². The number of aliphatic hydroxyl groups is 1. The van der Waals surface area contributed by atoms with Gasteiger partial charge in [0.1, 0.15) is 0 Å². The van der Waals surface area contributed by atoms with E-state index in [-0.39, 0.29) is 5.91 Å². The van der Waals surface area contributed by atoms with Gasteiger partial charge >= 0.3 is 0 Å². The Kier molecular flexibility index (Phi) is 3.79. The summed E-state index contributed by atoms with van der Waals surface area (Å²) in [7, 11) is 1.80. The molecule has 1 amide bonds. The van der Waals surface area contributed by atoms with E-state index in [1.165, 1.54) is 12.8 Å². The maximum absolute atomic E-state index is 12.1. The van der Waals surface area contributed by atoms with Crippen molar-refractivity contribution in [2.45, 2.75) is 37.8 Å². The van der Waals surface area contributed by atoms with Gasteiger partial charge in [0.05, 0.1) is 0 Å². The normalized spacial score (nSPS) is 18.0. The van der Waals surface area contributed by atoms with E-state index >= 15 is 0 Å². The van der Waals surface area contributed by atoms with E-state index < -0.39 is 6.10 Å². The zero-order chi connectivity index (χ0) is 12.3. The number of likely N-dealkylation sites (N-methyl/N-ethyl adjacent to an activating group) is 1. The summed E-state index contributed by atoms with van der Waals surface area (Å²) in [6.45, 7) is 0. The molecule has 0 spiro atoms. The van der Waals surface area contributed by atoms with Gasteiger partial charge in [-0.25, -0.2) is 0 Å². The smallest absolute Gasteiger partial charge is 0.256 e. The van der Waals surface area contributed by atoms with Gasteiger partial charge in [-0.1, -0.05) is 43.2 Å². The van der Waals surface area contributed by atoms with E-state index in [1.54, 1.807) is 24.1 Å². The molecule has 3 heteroatoms. The van der Waals surface area contributed by atoms with Crippen LogP contribution in [0.25, 0.3) is 0 Å². The molecule has 3 nitrogen and oxygen atoms in total. The number of hydrogen-bond donors (Lipinski definition) is 1. The van der Waals surface area contributed by atoms with Gasteiger partial charge in [-0.3, -0.25) is 4.79 Å². The zero-order valence-corrected chi connectivity index (χ0v) is 10.2. The number of carbonyl (C=O) groups excluding carboxylic acids is 1. The highest BCUT2D eigenvalue weighted by Gasteiger charge is 2.28. The fourth-order valence-corrected chi connectivity index (χ4v) is 2.44. The predicted octanol–water partition coefficient (Wildman–Crippen LogP) is 2.12. The number of aliphatic hydroxyl groups excluding tert-OH is 1. The number of benzene rings is 1. The third-order valence-electron chi connectivity index (χ3n) is 3.57. The molecule has 1 N–H and O–H groups in total. The van der Waals surface area contributed by atoms with Crippen molar-refractivity contribution in [1.29, 1.82) is 0 Å². The lowest BCUT2D eigenvalue weighted by atomic mass is 10.1. The lowest BCUT2D eigenvalue weighted by Crippen LogP contribution is -2.38. The van der Waals surface area contributed by atoms with Crippen molar-refractivity contribution < 1.29 is 9.90 Å². The molecule has 0 bridgehead atoms. The molecule has 1 aliphatic carbocycles. The van der Waals surface area contributed by atoms with Crippen LogP contribution in [0.5, 0.6) is 0 Å². The average Bonchev–Trinajstić information content (AvgIpc) is 2.91. The summed E-state index contributed by atoms with van der Waals surface area (Å²) < 4.78 is 0. The number of carbonyl (C=O) groups is 1. The van der Waals surface area contributed by atoms with Gasteiger partial charge in [0, 0.05) is 13.1 Å².